The highest BCUT2D eigenvalue weighted by Gasteiger charge is 2.18. The molecule has 0 saturated heterocycles. The Morgan fingerprint density at radius 2 is 1.87 bits per heavy atom. The Balaban J connectivity index is 1.53. The fraction of sp³-hybridized carbons (Fsp3) is 0.240. The Morgan fingerprint density at radius 1 is 1.06 bits per heavy atom. The van der Waals surface area contributed by atoms with Crippen LogP contribution in [0.25, 0.3) is 16.6 Å². The molecule has 1 amide bonds. The van der Waals surface area contributed by atoms with E-state index in [1.165, 1.54) is 0 Å². The topological polar surface area (TPSA) is 69.0 Å². The van der Waals surface area contributed by atoms with Gasteiger partial charge in [-0.05, 0) is 61.7 Å². The fourth-order valence-electron chi connectivity index (χ4n) is 3.89. The number of carbonyl (C=O) groups excluding carboxylic acids is 1. The molecule has 0 unspecified atom stereocenters. The minimum Gasteiger partial charge on any atom is -0.493 e. The number of nitrogens with zero attached hydrogens (tertiary/aromatic N) is 3. The van der Waals surface area contributed by atoms with Gasteiger partial charge in [-0.25, -0.2) is 9.67 Å². The number of rotatable bonds is 7. The predicted molar refractivity (Wildman–Crippen MR) is 122 cm³/mol. The van der Waals surface area contributed by atoms with E-state index in [0.29, 0.717) is 30.9 Å². The smallest absolute Gasteiger partial charge is 0.255 e. The lowest BCUT2D eigenvalue weighted by atomic mass is 10.0. The van der Waals surface area contributed by atoms with Crippen molar-refractivity contribution in [1.29, 1.82) is 0 Å². The second kappa shape index (κ2) is 9.00. The molecule has 4 aromatic rings. The molecule has 2 aromatic heterocycles. The van der Waals surface area contributed by atoms with Crippen LogP contribution in [0.1, 0.15) is 34.2 Å². The molecule has 0 aliphatic heterocycles. The summed E-state index contributed by atoms with van der Waals surface area (Å²) in [6.45, 7) is 6.94. The van der Waals surface area contributed by atoms with Crippen LogP contribution in [0.2, 0.25) is 0 Å². The summed E-state index contributed by atoms with van der Waals surface area (Å²) >= 11 is 0. The zero-order valence-electron chi connectivity index (χ0n) is 18.1. The summed E-state index contributed by atoms with van der Waals surface area (Å²) < 4.78 is 7.59. The van der Waals surface area contributed by atoms with Crippen molar-refractivity contribution >= 4 is 16.7 Å². The molecule has 4 rings (SSSR count). The molecule has 31 heavy (non-hydrogen) atoms. The van der Waals surface area contributed by atoms with Gasteiger partial charge in [0.25, 0.3) is 5.91 Å². The molecule has 0 spiro atoms. The van der Waals surface area contributed by atoms with Crippen molar-refractivity contribution in [1.82, 2.24) is 20.1 Å². The van der Waals surface area contributed by atoms with E-state index in [4.69, 9.17) is 4.74 Å². The van der Waals surface area contributed by atoms with Gasteiger partial charge in [0.05, 0.1) is 17.9 Å². The van der Waals surface area contributed by atoms with Crippen molar-refractivity contribution < 1.29 is 9.53 Å². The Morgan fingerprint density at radius 3 is 2.65 bits per heavy atom. The largest absolute Gasteiger partial charge is 0.493 e. The first kappa shape index (κ1) is 20.6. The normalized spacial score (nSPS) is 10.9. The van der Waals surface area contributed by atoms with Crippen molar-refractivity contribution in [2.75, 3.05) is 13.2 Å². The molecule has 2 heterocycles. The van der Waals surface area contributed by atoms with E-state index in [-0.39, 0.29) is 5.91 Å². The number of fused-ring (bicyclic) bond motifs is 1. The van der Waals surface area contributed by atoms with E-state index in [0.717, 1.165) is 33.5 Å². The third-order valence-corrected chi connectivity index (χ3v) is 5.39. The zero-order valence-corrected chi connectivity index (χ0v) is 18.1. The van der Waals surface area contributed by atoms with Gasteiger partial charge in [0.1, 0.15) is 5.75 Å². The summed E-state index contributed by atoms with van der Waals surface area (Å²) in [5.41, 5.74) is 3.68. The van der Waals surface area contributed by atoms with E-state index in [1.54, 1.807) is 6.20 Å². The number of hydrogen-bond donors (Lipinski definition) is 1. The molecule has 0 bridgehead atoms. The minimum absolute atomic E-state index is 0.132. The van der Waals surface area contributed by atoms with Crippen LogP contribution >= 0.6 is 0 Å². The van der Waals surface area contributed by atoms with E-state index in [1.807, 2.05) is 80.1 Å². The standard InChI is InChI=1S/C25H26N4O2/c1-4-31-22-13-12-19-9-5-6-10-21(19)24(22)25(30)27-16-14-20-17(2)28-29(18(20)3)23-11-7-8-15-26-23/h5-13,15H,4,14,16H2,1-3H3,(H,27,30). The van der Waals surface area contributed by atoms with Crippen molar-refractivity contribution in [2.24, 2.45) is 0 Å². The number of nitrogens with one attached hydrogen (secondary N) is 1. The summed E-state index contributed by atoms with van der Waals surface area (Å²) in [5.74, 6) is 1.26. The molecule has 158 valence electrons. The Hall–Kier alpha value is -3.67. The number of pyridine rings is 1. The van der Waals surface area contributed by atoms with Gasteiger partial charge in [0.15, 0.2) is 5.82 Å². The summed E-state index contributed by atoms with van der Waals surface area (Å²) in [7, 11) is 0. The quantitative estimate of drug-likeness (QED) is 0.486. The lowest BCUT2D eigenvalue weighted by molar-refractivity contribution is 0.0952. The molecular weight excluding hydrogens is 388 g/mol. The third kappa shape index (κ3) is 4.14. The van der Waals surface area contributed by atoms with Gasteiger partial charge < -0.3 is 10.1 Å². The Kier molecular flexibility index (Phi) is 5.98. The average Bonchev–Trinajstić information content (AvgIpc) is 3.08. The molecule has 0 radical (unpaired) electrons. The van der Waals surface area contributed by atoms with E-state index >= 15 is 0 Å². The molecule has 2 aromatic carbocycles. The highest BCUT2D eigenvalue weighted by Crippen LogP contribution is 2.28. The second-order valence-electron chi connectivity index (χ2n) is 7.35. The predicted octanol–water partition coefficient (Wildman–Crippen LogP) is 4.41. The molecule has 6 nitrogen and oxygen atoms in total. The lowest BCUT2D eigenvalue weighted by Gasteiger charge is -2.13. The molecule has 0 atom stereocenters. The average molecular weight is 415 g/mol. The number of ether oxygens (including phenoxy) is 1. The molecule has 0 aliphatic carbocycles. The van der Waals surface area contributed by atoms with E-state index < -0.39 is 0 Å². The summed E-state index contributed by atoms with van der Waals surface area (Å²) in [6.07, 6.45) is 2.44. The second-order valence-corrected chi connectivity index (χ2v) is 7.35. The van der Waals surface area contributed by atoms with Crippen LogP contribution in [-0.4, -0.2) is 33.8 Å². The number of benzene rings is 2. The van der Waals surface area contributed by atoms with Gasteiger partial charge in [-0.15, -0.1) is 0 Å². The molecular formula is C25H26N4O2. The van der Waals surface area contributed by atoms with Gasteiger partial charge >= 0.3 is 0 Å². The first-order valence-electron chi connectivity index (χ1n) is 10.5. The van der Waals surface area contributed by atoms with Crippen LogP contribution in [0.3, 0.4) is 0 Å². The van der Waals surface area contributed by atoms with E-state index in [9.17, 15) is 4.79 Å². The van der Waals surface area contributed by atoms with Gasteiger partial charge in [0.2, 0.25) is 0 Å². The van der Waals surface area contributed by atoms with Crippen LogP contribution in [0.4, 0.5) is 0 Å². The zero-order chi connectivity index (χ0) is 21.8. The first-order chi connectivity index (χ1) is 15.1. The van der Waals surface area contributed by atoms with Crippen LogP contribution in [0.5, 0.6) is 5.75 Å². The maximum absolute atomic E-state index is 13.1. The van der Waals surface area contributed by atoms with Crippen LogP contribution in [0, 0.1) is 13.8 Å². The summed E-state index contributed by atoms with van der Waals surface area (Å²) in [6, 6.07) is 17.5. The number of hydrogen-bond acceptors (Lipinski definition) is 4. The fourth-order valence-corrected chi connectivity index (χ4v) is 3.89. The molecule has 0 fully saturated rings. The maximum atomic E-state index is 13.1. The number of amides is 1. The lowest BCUT2D eigenvalue weighted by Crippen LogP contribution is -2.26. The third-order valence-electron chi connectivity index (χ3n) is 5.39. The summed E-state index contributed by atoms with van der Waals surface area (Å²) in [4.78, 5) is 17.5. The van der Waals surface area contributed by atoms with Gasteiger partial charge in [-0.1, -0.05) is 36.4 Å². The molecule has 6 heteroatoms. The minimum atomic E-state index is -0.132. The van der Waals surface area contributed by atoms with Gasteiger partial charge in [-0.2, -0.15) is 5.10 Å². The number of carbonyl (C=O) groups is 1. The Labute approximate surface area is 181 Å². The molecule has 0 saturated carbocycles. The number of aryl methyl sites for hydroxylation is 1. The highest BCUT2D eigenvalue weighted by molar-refractivity contribution is 6.09. The monoisotopic (exact) mass is 414 g/mol. The summed E-state index contributed by atoms with van der Waals surface area (Å²) in [5, 5.41) is 9.61. The van der Waals surface area contributed by atoms with Crippen molar-refractivity contribution in [3.05, 3.63) is 83.3 Å². The Bertz CT molecular complexity index is 1220. The van der Waals surface area contributed by atoms with Crippen molar-refractivity contribution in [3.63, 3.8) is 0 Å². The number of aromatic nitrogens is 3. The highest BCUT2D eigenvalue weighted by atomic mass is 16.5. The first-order valence-corrected chi connectivity index (χ1v) is 10.5. The van der Waals surface area contributed by atoms with Gasteiger partial charge in [-0.3, -0.25) is 4.79 Å². The van der Waals surface area contributed by atoms with E-state index in [2.05, 4.69) is 15.4 Å². The van der Waals surface area contributed by atoms with Gasteiger partial charge in [0, 0.05) is 18.4 Å². The molecule has 1 N–H and O–H groups in total. The maximum Gasteiger partial charge on any atom is 0.255 e. The van der Waals surface area contributed by atoms with Crippen LogP contribution in [0.15, 0.2) is 60.8 Å². The van der Waals surface area contributed by atoms with Crippen LogP contribution < -0.4 is 10.1 Å². The van der Waals surface area contributed by atoms with Crippen LogP contribution in [-0.2, 0) is 6.42 Å². The SMILES string of the molecule is CCOc1ccc2ccccc2c1C(=O)NCCc1c(C)nn(-c2ccccn2)c1C. The molecule has 0 aliphatic rings. The van der Waals surface area contributed by atoms with Crippen molar-refractivity contribution in [3.8, 4) is 11.6 Å². The van der Waals surface area contributed by atoms with Crippen molar-refractivity contribution in [2.45, 2.75) is 27.2 Å².